The number of rotatable bonds is 6. The highest BCUT2D eigenvalue weighted by molar-refractivity contribution is 6.37. The van der Waals surface area contributed by atoms with Gasteiger partial charge < -0.3 is 20.1 Å². The first-order valence-corrected chi connectivity index (χ1v) is 7.48. The van der Waals surface area contributed by atoms with E-state index in [9.17, 15) is 5.11 Å². The zero-order valence-electron chi connectivity index (χ0n) is 11.5. The van der Waals surface area contributed by atoms with E-state index < -0.39 is 6.10 Å². The van der Waals surface area contributed by atoms with Gasteiger partial charge in [0.05, 0.1) is 10.0 Å². The number of hydrogen-bond acceptors (Lipinski definition) is 4. The highest BCUT2D eigenvalue weighted by atomic mass is 35.5. The molecule has 0 aliphatic carbocycles. The summed E-state index contributed by atoms with van der Waals surface area (Å²) in [6.45, 7) is 2.78. The Kier molecular flexibility index (Phi) is 5.93. The lowest BCUT2D eigenvalue weighted by atomic mass is 10.2. The van der Waals surface area contributed by atoms with Crippen LogP contribution in [0.5, 0.6) is 5.75 Å². The molecule has 1 heterocycles. The van der Waals surface area contributed by atoms with E-state index in [1.807, 2.05) is 0 Å². The number of hydrogen-bond donors (Lipinski definition) is 2. The van der Waals surface area contributed by atoms with Crippen LogP contribution in [0.1, 0.15) is 6.42 Å². The van der Waals surface area contributed by atoms with Crippen LogP contribution in [0.4, 0.5) is 0 Å². The summed E-state index contributed by atoms with van der Waals surface area (Å²) < 4.78 is 5.50. The Bertz CT molecular complexity index is 425. The maximum Gasteiger partial charge on any atom is 0.156 e. The van der Waals surface area contributed by atoms with Crippen LogP contribution in [0.2, 0.25) is 10.0 Å². The fourth-order valence-electron chi connectivity index (χ4n) is 2.26. The van der Waals surface area contributed by atoms with Gasteiger partial charge in [0.1, 0.15) is 12.7 Å². The van der Waals surface area contributed by atoms with Crippen LogP contribution in [-0.4, -0.2) is 55.4 Å². The second-order valence-corrected chi connectivity index (χ2v) is 5.99. The van der Waals surface area contributed by atoms with Crippen molar-refractivity contribution in [1.29, 1.82) is 0 Å². The number of aliphatic hydroxyl groups is 1. The number of likely N-dealkylation sites (N-methyl/N-ethyl adjacent to an activating group) is 1. The van der Waals surface area contributed by atoms with Crippen molar-refractivity contribution in [3.63, 3.8) is 0 Å². The van der Waals surface area contributed by atoms with Gasteiger partial charge in [0, 0.05) is 19.1 Å². The molecule has 4 nitrogen and oxygen atoms in total. The molecule has 1 saturated heterocycles. The van der Waals surface area contributed by atoms with Crippen LogP contribution in [0.25, 0.3) is 0 Å². The zero-order chi connectivity index (χ0) is 14.5. The third kappa shape index (κ3) is 4.50. The van der Waals surface area contributed by atoms with E-state index in [0.717, 1.165) is 19.5 Å². The molecule has 6 heteroatoms. The van der Waals surface area contributed by atoms with Crippen molar-refractivity contribution in [2.24, 2.45) is 0 Å². The molecule has 1 aromatic carbocycles. The molecule has 0 spiro atoms. The molecule has 0 bridgehead atoms. The maximum atomic E-state index is 9.93. The largest absolute Gasteiger partial charge is 0.488 e. The average Bonchev–Trinajstić information content (AvgIpc) is 2.82. The van der Waals surface area contributed by atoms with E-state index in [4.69, 9.17) is 27.9 Å². The molecule has 112 valence electrons. The summed E-state index contributed by atoms with van der Waals surface area (Å²) in [7, 11) is 2.10. The van der Waals surface area contributed by atoms with Crippen molar-refractivity contribution < 1.29 is 9.84 Å². The molecule has 1 aliphatic rings. The number of ether oxygens (including phenoxy) is 1. The van der Waals surface area contributed by atoms with Crippen molar-refractivity contribution in [2.75, 3.05) is 33.3 Å². The second-order valence-electron chi connectivity index (χ2n) is 5.17. The third-order valence-corrected chi connectivity index (χ3v) is 3.97. The SMILES string of the molecule is CN1CCC(NCC(O)COc2c(Cl)cccc2Cl)C1. The predicted octanol–water partition coefficient (Wildman–Crippen LogP) is 2.03. The van der Waals surface area contributed by atoms with Gasteiger partial charge in [-0.25, -0.2) is 0 Å². The molecule has 0 radical (unpaired) electrons. The quantitative estimate of drug-likeness (QED) is 0.842. The lowest BCUT2D eigenvalue weighted by molar-refractivity contribution is 0.104. The molecule has 20 heavy (non-hydrogen) atoms. The number of benzene rings is 1. The minimum atomic E-state index is -0.590. The molecule has 1 fully saturated rings. The first kappa shape index (κ1) is 15.9. The number of aliphatic hydroxyl groups excluding tert-OH is 1. The minimum absolute atomic E-state index is 0.166. The number of para-hydroxylation sites is 1. The van der Waals surface area contributed by atoms with Crippen molar-refractivity contribution in [2.45, 2.75) is 18.6 Å². The van der Waals surface area contributed by atoms with Gasteiger partial charge in [-0.2, -0.15) is 0 Å². The van der Waals surface area contributed by atoms with Crippen LogP contribution in [-0.2, 0) is 0 Å². The van der Waals surface area contributed by atoms with E-state index in [2.05, 4.69) is 17.3 Å². The minimum Gasteiger partial charge on any atom is -0.488 e. The highest BCUT2D eigenvalue weighted by Crippen LogP contribution is 2.32. The van der Waals surface area contributed by atoms with Gasteiger partial charge in [0.2, 0.25) is 0 Å². The molecule has 2 N–H and O–H groups in total. The molecule has 1 aromatic rings. The molecule has 0 saturated carbocycles. The van der Waals surface area contributed by atoms with Crippen LogP contribution in [0, 0.1) is 0 Å². The Balaban J connectivity index is 1.73. The number of nitrogens with one attached hydrogen (secondary N) is 1. The standard InChI is InChI=1S/C14H20Cl2N2O2/c1-18-6-5-10(8-18)17-7-11(19)9-20-14-12(15)3-2-4-13(14)16/h2-4,10-11,17,19H,5-9H2,1H3. The summed E-state index contributed by atoms with van der Waals surface area (Å²) in [5, 5.41) is 14.2. The van der Waals surface area contributed by atoms with E-state index >= 15 is 0 Å². The Hall–Kier alpha value is -0.520. The fourth-order valence-corrected chi connectivity index (χ4v) is 2.77. The van der Waals surface area contributed by atoms with Gasteiger partial charge in [0.15, 0.2) is 5.75 Å². The van der Waals surface area contributed by atoms with E-state index in [-0.39, 0.29) is 6.61 Å². The Morgan fingerprint density at radius 2 is 2.15 bits per heavy atom. The second kappa shape index (κ2) is 7.48. The smallest absolute Gasteiger partial charge is 0.156 e. The third-order valence-electron chi connectivity index (χ3n) is 3.37. The van der Waals surface area contributed by atoms with Crippen molar-refractivity contribution in [3.8, 4) is 5.75 Å². The summed E-state index contributed by atoms with van der Waals surface area (Å²) in [5.41, 5.74) is 0. The summed E-state index contributed by atoms with van der Waals surface area (Å²) in [5.74, 6) is 0.426. The molecule has 0 amide bonds. The van der Waals surface area contributed by atoms with E-state index in [0.29, 0.717) is 28.4 Å². The molecule has 2 atom stereocenters. The van der Waals surface area contributed by atoms with Crippen LogP contribution in [0.3, 0.4) is 0 Å². The van der Waals surface area contributed by atoms with Gasteiger partial charge in [-0.1, -0.05) is 29.3 Å². The Labute approximate surface area is 129 Å². The van der Waals surface area contributed by atoms with Crippen molar-refractivity contribution >= 4 is 23.2 Å². The molecule has 2 rings (SSSR count). The van der Waals surface area contributed by atoms with E-state index in [1.54, 1.807) is 18.2 Å². The molecular weight excluding hydrogens is 299 g/mol. The van der Waals surface area contributed by atoms with Crippen LogP contribution >= 0.6 is 23.2 Å². The summed E-state index contributed by atoms with van der Waals surface area (Å²) in [6, 6.07) is 5.62. The number of likely N-dealkylation sites (tertiary alicyclic amines) is 1. The first-order valence-electron chi connectivity index (χ1n) is 6.73. The predicted molar refractivity (Wildman–Crippen MR) is 81.9 cm³/mol. The highest BCUT2D eigenvalue weighted by Gasteiger charge is 2.19. The molecular formula is C14H20Cl2N2O2. The van der Waals surface area contributed by atoms with Crippen LogP contribution in [0.15, 0.2) is 18.2 Å². The summed E-state index contributed by atoms with van der Waals surface area (Å²) in [4.78, 5) is 2.27. The monoisotopic (exact) mass is 318 g/mol. The Morgan fingerprint density at radius 1 is 1.45 bits per heavy atom. The van der Waals surface area contributed by atoms with Gasteiger partial charge in [0.25, 0.3) is 0 Å². The van der Waals surface area contributed by atoms with Gasteiger partial charge in [-0.15, -0.1) is 0 Å². The van der Waals surface area contributed by atoms with Gasteiger partial charge in [-0.05, 0) is 32.1 Å². The fraction of sp³-hybridized carbons (Fsp3) is 0.571. The summed E-state index contributed by atoms with van der Waals surface area (Å²) in [6.07, 6.45) is 0.522. The lowest BCUT2D eigenvalue weighted by Gasteiger charge is -2.17. The maximum absolute atomic E-state index is 9.93. The number of halogens is 2. The Morgan fingerprint density at radius 3 is 2.75 bits per heavy atom. The topological polar surface area (TPSA) is 44.7 Å². The van der Waals surface area contributed by atoms with Gasteiger partial charge >= 0.3 is 0 Å². The molecule has 1 aliphatic heterocycles. The van der Waals surface area contributed by atoms with E-state index in [1.165, 1.54) is 0 Å². The average molecular weight is 319 g/mol. The first-order chi connectivity index (χ1) is 9.56. The van der Waals surface area contributed by atoms with Crippen LogP contribution < -0.4 is 10.1 Å². The lowest BCUT2D eigenvalue weighted by Crippen LogP contribution is -2.39. The van der Waals surface area contributed by atoms with Crippen molar-refractivity contribution in [3.05, 3.63) is 28.2 Å². The van der Waals surface area contributed by atoms with Crippen molar-refractivity contribution in [1.82, 2.24) is 10.2 Å². The molecule has 0 aromatic heterocycles. The van der Waals surface area contributed by atoms with Gasteiger partial charge in [-0.3, -0.25) is 0 Å². The zero-order valence-corrected chi connectivity index (χ0v) is 13.0. The molecule has 2 unspecified atom stereocenters. The number of nitrogens with zero attached hydrogens (tertiary/aromatic N) is 1. The summed E-state index contributed by atoms with van der Waals surface area (Å²) >= 11 is 12.0. The normalized spacial score (nSPS) is 21.1.